The quantitative estimate of drug-likeness (QED) is 0.522. The molecule has 1 amide bonds. The number of aromatic nitrogens is 3. The number of pyridine rings is 1. The van der Waals surface area contributed by atoms with Crippen LogP contribution in [0, 0.1) is 6.92 Å². The van der Waals surface area contributed by atoms with Crippen molar-refractivity contribution in [3.05, 3.63) is 53.5 Å². The molecular weight excluding hydrogens is 394 g/mol. The van der Waals surface area contributed by atoms with Gasteiger partial charge in [-0.25, -0.2) is 8.78 Å². The zero-order valence-corrected chi connectivity index (χ0v) is 16.9. The summed E-state index contributed by atoms with van der Waals surface area (Å²) in [4.78, 5) is 16.5. The molecule has 3 aromatic rings. The molecule has 0 unspecified atom stereocenters. The summed E-state index contributed by atoms with van der Waals surface area (Å²) in [6, 6.07) is 7.05. The minimum Gasteiger partial charge on any atom is -0.487 e. The van der Waals surface area contributed by atoms with Crippen LogP contribution in [-0.4, -0.2) is 51.5 Å². The Kier molecular flexibility index (Phi) is 6.61. The Morgan fingerprint density at radius 2 is 2.13 bits per heavy atom. The number of amides is 1. The highest BCUT2D eigenvalue weighted by Crippen LogP contribution is 2.23. The van der Waals surface area contributed by atoms with Crippen molar-refractivity contribution < 1.29 is 23.4 Å². The molecule has 0 saturated carbocycles. The number of carbonyl (C=O) groups is 1. The van der Waals surface area contributed by atoms with Gasteiger partial charge in [0.1, 0.15) is 11.4 Å². The van der Waals surface area contributed by atoms with Gasteiger partial charge in [-0.1, -0.05) is 12.1 Å². The van der Waals surface area contributed by atoms with Gasteiger partial charge < -0.3 is 15.2 Å². The van der Waals surface area contributed by atoms with Crippen molar-refractivity contribution in [1.29, 1.82) is 0 Å². The lowest BCUT2D eigenvalue weighted by Gasteiger charge is -2.14. The van der Waals surface area contributed by atoms with Crippen LogP contribution in [0.5, 0.6) is 5.75 Å². The number of nitrogens with one attached hydrogen (secondary N) is 1. The van der Waals surface area contributed by atoms with Crippen molar-refractivity contribution in [3.8, 4) is 5.75 Å². The fourth-order valence-electron chi connectivity index (χ4n) is 2.98. The van der Waals surface area contributed by atoms with Crippen LogP contribution in [0.4, 0.5) is 8.78 Å². The summed E-state index contributed by atoms with van der Waals surface area (Å²) in [6.07, 6.45) is 3.75. The van der Waals surface area contributed by atoms with Crippen molar-refractivity contribution >= 4 is 16.8 Å². The molecule has 30 heavy (non-hydrogen) atoms. The van der Waals surface area contributed by atoms with Crippen LogP contribution in [0.25, 0.3) is 10.9 Å². The van der Waals surface area contributed by atoms with Gasteiger partial charge in [0.15, 0.2) is 6.61 Å². The molecule has 0 aliphatic heterocycles. The Bertz CT molecular complexity index is 1030. The minimum absolute atomic E-state index is 0.0000395. The highest BCUT2D eigenvalue weighted by atomic mass is 19.3. The third-order valence-corrected chi connectivity index (χ3v) is 4.38. The monoisotopic (exact) mass is 418 g/mol. The van der Waals surface area contributed by atoms with Gasteiger partial charge in [0.2, 0.25) is 0 Å². The molecule has 0 radical (unpaired) electrons. The van der Waals surface area contributed by atoms with Crippen molar-refractivity contribution in [2.45, 2.75) is 32.7 Å². The van der Waals surface area contributed by atoms with Crippen LogP contribution in [0.15, 0.2) is 36.7 Å². The summed E-state index contributed by atoms with van der Waals surface area (Å²) in [5.74, 6) is -2.80. The van der Waals surface area contributed by atoms with E-state index in [1.54, 1.807) is 36.0 Å². The first-order valence-corrected chi connectivity index (χ1v) is 9.58. The van der Waals surface area contributed by atoms with Crippen LogP contribution in [-0.2, 0) is 6.54 Å². The Balaban J connectivity index is 1.75. The van der Waals surface area contributed by atoms with Crippen LogP contribution >= 0.6 is 0 Å². The molecule has 2 N–H and O–H groups in total. The number of carbonyl (C=O) groups excluding carboxylic acids is 1. The van der Waals surface area contributed by atoms with Gasteiger partial charge in [0, 0.05) is 32.5 Å². The third kappa shape index (κ3) is 5.50. The van der Waals surface area contributed by atoms with Gasteiger partial charge in [0.05, 0.1) is 17.4 Å². The average molecular weight is 418 g/mol. The molecule has 0 atom stereocenters. The van der Waals surface area contributed by atoms with Gasteiger partial charge in [-0.3, -0.25) is 14.5 Å². The lowest BCUT2D eigenvalue weighted by Crippen LogP contribution is -2.26. The minimum atomic E-state index is -2.89. The maximum absolute atomic E-state index is 13.0. The zero-order chi connectivity index (χ0) is 21.7. The van der Waals surface area contributed by atoms with Crippen molar-refractivity contribution in [3.63, 3.8) is 0 Å². The summed E-state index contributed by atoms with van der Waals surface area (Å²) >= 11 is 0. The van der Waals surface area contributed by atoms with Crippen LogP contribution < -0.4 is 10.1 Å². The number of aryl methyl sites for hydroxylation is 1. The fraction of sp³-hybridized carbons (Fsp3) is 0.381. The second-order valence-electron chi connectivity index (χ2n) is 7.21. The number of rotatable bonds is 9. The van der Waals surface area contributed by atoms with Gasteiger partial charge in [0.25, 0.3) is 11.8 Å². The lowest BCUT2D eigenvalue weighted by atomic mass is 10.1. The number of fused-ring (bicyclic) bond motifs is 1. The Hall–Kier alpha value is -3.07. The molecule has 2 heterocycles. The van der Waals surface area contributed by atoms with E-state index < -0.39 is 12.5 Å². The second kappa shape index (κ2) is 9.17. The molecule has 3 rings (SSSR count). The molecule has 0 bridgehead atoms. The molecule has 160 valence electrons. The number of hydrogen-bond donors (Lipinski definition) is 2. The molecule has 0 spiro atoms. The average Bonchev–Trinajstić information content (AvgIpc) is 3.09. The van der Waals surface area contributed by atoms with Crippen LogP contribution in [0.1, 0.15) is 35.0 Å². The van der Waals surface area contributed by atoms with Gasteiger partial charge in [-0.15, -0.1) is 0 Å². The Labute approximate surface area is 172 Å². The number of hydrogen-bond acceptors (Lipinski definition) is 5. The van der Waals surface area contributed by atoms with E-state index in [2.05, 4.69) is 15.4 Å². The number of nitrogens with zero attached hydrogens (tertiary/aromatic N) is 3. The smallest absolute Gasteiger partial charge is 0.278 e. The Morgan fingerprint density at radius 3 is 2.83 bits per heavy atom. The van der Waals surface area contributed by atoms with E-state index in [1.807, 2.05) is 6.07 Å². The topological polar surface area (TPSA) is 89.3 Å². The largest absolute Gasteiger partial charge is 0.487 e. The first kappa shape index (κ1) is 21.6. The van der Waals surface area contributed by atoms with Gasteiger partial charge >= 0.3 is 0 Å². The molecule has 7 nitrogen and oxygen atoms in total. The zero-order valence-electron chi connectivity index (χ0n) is 16.9. The summed E-state index contributed by atoms with van der Waals surface area (Å²) in [5.41, 5.74) is 2.58. The molecule has 0 aliphatic carbocycles. The van der Waals surface area contributed by atoms with E-state index in [9.17, 15) is 13.6 Å². The van der Waals surface area contributed by atoms with E-state index in [0.29, 0.717) is 36.2 Å². The molecule has 0 fully saturated rings. The van der Waals surface area contributed by atoms with Crippen LogP contribution in [0.3, 0.4) is 0 Å². The predicted molar refractivity (Wildman–Crippen MR) is 108 cm³/mol. The van der Waals surface area contributed by atoms with Crippen LogP contribution in [0.2, 0.25) is 0 Å². The summed E-state index contributed by atoms with van der Waals surface area (Å²) in [5, 5.41) is 16.7. The molecule has 0 saturated heterocycles. The predicted octanol–water partition coefficient (Wildman–Crippen LogP) is 2.93. The number of aliphatic hydroxyl groups is 1. The number of ether oxygens (including phenoxy) is 1. The SMILES string of the molecule is Cc1cc(Cn2cc3c(C(=O)NCCCO)nccc3n2)ccc1OCC(C)(F)F. The molecule has 0 aliphatic rings. The third-order valence-electron chi connectivity index (χ3n) is 4.38. The first-order valence-electron chi connectivity index (χ1n) is 9.58. The fourth-order valence-corrected chi connectivity index (χ4v) is 2.98. The number of alkyl halides is 2. The highest BCUT2D eigenvalue weighted by Gasteiger charge is 2.22. The highest BCUT2D eigenvalue weighted by molar-refractivity contribution is 6.04. The lowest BCUT2D eigenvalue weighted by molar-refractivity contribution is -0.0231. The van der Waals surface area contributed by atoms with E-state index in [1.165, 1.54) is 6.20 Å². The number of benzene rings is 1. The van der Waals surface area contributed by atoms with Gasteiger partial charge in [-0.2, -0.15) is 5.10 Å². The van der Waals surface area contributed by atoms with E-state index in [4.69, 9.17) is 9.84 Å². The van der Waals surface area contributed by atoms with E-state index in [-0.39, 0.29) is 18.2 Å². The molecule has 9 heteroatoms. The second-order valence-corrected chi connectivity index (χ2v) is 7.21. The number of aliphatic hydroxyl groups excluding tert-OH is 1. The Morgan fingerprint density at radius 1 is 1.33 bits per heavy atom. The maximum Gasteiger partial charge on any atom is 0.278 e. The van der Waals surface area contributed by atoms with Crippen molar-refractivity contribution in [2.24, 2.45) is 0 Å². The summed E-state index contributed by atoms with van der Waals surface area (Å²) < 4.78 is 32.9. The normalized spacial score (nSPS) is 11.6. The molecular formula is C21H24F2N4O3. The van der Waals surface area contributed by atoms with E-state index in [0.717, 1.165) is 18.1 Å². The standard InChI is InChI=1S/C21H24F2N4O3/c1-14-10-15(4-5-18(14)30-13-21(2,22)23)11-27-12-16-17(26-27)6-8-24-19(16)20(29)25-7-3-9-28/h4-6,8,10,12,28H,3,7,9,11,13H2,1-2H3,(H,25,29). The van der Waals surface area contributed by atoms with E-state index >= 15 is 0 Å². The maximum atomic E-state index is 13.0. The number of halogens is 2. The summed E-state index contributed by atoms with van der Waals surface area (Å²) in [7, 11) is 0. The first-order chi connectivity index (χ1) is 14.3. The summed E-state index contributed by atoms with van der Waals surface area (Å²) in [6.45, 7) is 2.73. The molecule has 1 aromatic carbocycles. The van der Waals surface area contributed by atoms with Gasteiger partial charge in [-0.05, 0) is 36.6 Å². The van der Waals surface area contributed by atoms with Crippen molar-refractivity contribution in [1.82, 2.24) is 20.1 Å². The molecule has 2 aromatic heterocycles. The van der Waals surface area contributed by atoms with Crippen molar-refractivity contribution in [2.75, 3.05) is 19.8 Å².